The van der Waals surface area contributed by atoms with E-state index in [1.165, 1.54) is 6.07 Å². The van der Waals surface area contributed by atoms with E-state index < -0.39 is 11.9 Å². The molecule has 0 saturated carbocycles. The van der Waals surface area contributed by atoms with E-state index in [4.69, 9.17) is 9.84 Å². The fourth-order valence-corrected chi connectivity index (χ4v) is 1.77. The van der Waals surface area contributed by atoms with Crippen LogP contribution in [-0.4, -0.2) is 23.7 Å². The number of esters is 1. The Hall–Kier alpha value is -1.84. The van der Waals surface area contributed by atoms with Gasteiger partial charge in [-0.25, -0.2) is 4.79 Å². The third kappa shape index (κ3) is 1.70. The van der Waals surface area contributed by atoms with Gasteiger partial charge < -0.3 is 9.84 Å². The van der Waals surface area contributed by atoms with E-state index in [1.54, 1.807) is 18.2 Å². The molecular formula is C11H10O4. The highest BCUT2D eigenvalue weighted by molar-refractivity contribution is 5.92. The molecule has 1 atom stereocenters. The molecule has 1 aromatic rings. The first-order valence-electron chi connectivity index (χ1n) is 4.69. The molecule has 0 aromatic heterocycles. The molecule has 2 rings (SSSR count). The number of cyclic esters (lactones) is 1. The molecule has 0 bridgehead atoms. The van der Waals surface area contributed by atoms with E-state index in [9.17, 15) is 9.59 Å². The van der Waals surface area contributed by atoms with Gasteiger partial charge in [0.05, 0.1) is 18.1 Å². The van der Waals surface area contributed by atoms with E-state index in [1.807, 2.05) is 0 Å². The molecule has 4 heteroatoms. The second-order valence-corrected chi connectivity index (χ2v) is 3.40. The van der Waals surface area contributed by atoms with Crippen LogP contribution in [0.4, 0.5) is 0 Å². The summed E-state index contributed by atoms with van der Waals surface area (Å²) in [5, 5.41) is 8.96. The van der Waals surface area contributed by atoms with Gasteiger partial charge in [-0.15, -0.1) is 0 Å². The quantitative estimate of drug-likeness (QED) is 0.743. The number of benzene rings is 1. The van der Waals surface area contributed by atoms with Crippen LogP contribution in [0.3, 0.4) is 0 Å². The molecule has 15 heavy (non-hydrogen) atoms. The van der Waals surface area contributed by atoms with E-state index in [0.29, 0.717) is 18.6 Å². The van der Waals surface area contributed by atoms with Crippen LogP contribution in [0.15, 0.2) is 24.3 Å². The van der Waals surface area contributed by atoms with Crippen molar-refractivity contribution in [1.82, 2.24) is 0 Å². The highest BCUT2D eigenvalue weighted by Crippen LogP contribution is 2.28. The Kier molecular flexibility index (Phi) is 2.41. The average molecular weight is 206 g/mol. The molecule has 1 heterocycles. The van der Waals surface area contributed by atoms with E-state index in [2.05, 4.69) is 0 Å². The van der Waals surface area contributed by atoms with Crippen molar-refractivity contribution in [2.75, 3.05) is 6.61 Å². The van der Waals surface area contributed by atoms with Crippen LogP contribution < -0.4 is 0 Å². The Balaban J connectivity index is 2.42. The van der Waals surface area contributed by atoms with Crippen molar-refractivity contribution in [2.24, 2.45) is 0 Å². The SMILES string of the molecule is O=C(O)c1ccccc1C1CCOC1=O. The number of carbonyl (C=O) groups excluding carboxylic acids is 1. The van der Waals surface area contributed by atoms with Crippen molar-refractivity contribution < 1.29 is 19.4 Å². The first-order valence-corrected chi connectivity index (χ1v) is 4.69. The van der Waals surface area contributed by atoms with Crippen LogP contribution in [0.5, 0.6) is 0 Å². The molecule has 78 valence electrons. The number of ether oxygens (including phenoxy) is 1. The topological polar surface area (TPSA) is 63.6 Å². The van der Waals surface area contributed by atoms with Crippen molar-refractivity contribution in [3.63, 3.8) is 0 Å². The summed E-state index contributed by atoms with van der Waals surface area (Å²) in [5.74, 6) is -1.76. The van der Waals surface area contributed by atoms with Crippen LogP contribution in [-0.2, 0) is 9.53 Å². The molecule has 1 aromatic carbocycles. The summed E-state index contributed by atoms with van der Waals surface area (Å²) in [5.41, 5.74) is 0.730. The van der Waals surface area contributed by atoms with Gasteiger partial charge in [0, 0.05) is 0 Å². The van der Waals surface area contributed by atoms with E-state index in [0.717, 1.165) is 0 Å². The van der Waals surface area contributed by atoms with Gasteiger partial charge in [0.1, 0.15) is 0 Å². The lowest BCUT2D eigenvalue weighted by Gasteiger charge is -2.08. The molecule has 1 fully saturated rings. The summed E-state index contributed by atoms with van der Waals surface area (Å²) in [6.45, 7) is 0.372. The minimum Gasteiger partial charge on any atom is -0.478 e. The maximum atomic E-state index is 11.3. The summed E-state index contributed by atoms with van der Waals surface area (Å²) in [6, 6.07) is 6.55. The zero-order valence-corrected chi connectivity index (χ0v) is 7.97. The van der Waals surface area contributed by atoms with Gasteiger partial charge in [-0.05, 0) is 18.1 Å². The van der Waals surface area contributed by atoms with Crippen LogP contribution in [0, 0.1) is 0 Å². The second-order valence-electron chi connectivity index (χ2n) is 3.40. The highest BCUT2D eigenvalue weighted by atomic mass is 16.5. The van der Waals surface area contributed by atoms with Gasteiger partial charge in [-0.3, -0.25) is 4.79 Å². The predicted molar refractivity (Wildman–Crippen MR) is 51.7 cm³/mol. The molecule has 0 radical (unpaired) electrons. The number of aromatic carboxylic acids is 1. The Morgan fingerprint density at radius 3 is 2.73 bits per heavy atom. The number of carbonyl (C=O) groups is 2. The second kappa shape index (κ2) is 3.73. The fraction of sp³-hybridized carbons (Fsp3) is 0.273. The standard InChI is InChI=1S/C11H10O4/c12-10(13)8-4-2-1-3-7(8)9-5-6-15-11(9)14/h1-4,9H,5-6H2,(H,12,13). The van der Waals surface area contributed by atoms with Gasteiger partial charge >= 0.3 is 11.9 Å². The van der Waals surface area contributed by atoms with E-state index in [-0.39, 0.29) is 11.5 Å². The summed E-state index contributed by atoms with van der Waals surface area (Å²) < 4.78 is 4.82. The largest absolute Gasteiger partial charge is 0.478 e. The van der Waals surface area contributed by atoms with Gasteiger partial charge in [0.2, 0.25) is 0 Å². The maximum absolute atomic E-state index is 11.3. The molecule has 0 aliphatic carbocycles. The number of hydrogen-bond acceptors (Lipinski definition) is 3. The van der Waals surface area contributed by atoms with Gasteiger partial charge in [0.15, 0.2) is 0 Å². The molecule has 1 aliphatic heterocycles. The summed E-state index contributed by atoms with van der Waals surface area (Å²) in [6.07, 6.45) is 0.559. The monoisotopic (exact) mass is 206 g/mol. The highest BCUT2D eigenvalue weighted by Gasteiger charge is 2.30. The van der Waals surface area contributed by atoms with Gasteiger partial charge in [-0.2, -0.15) is 0 Å². The van der Waals surface area contributed by atoms with Crippen molar-refractivity contribution in [2.45, 2.75) is 12.3 Å². The normalized spacial score (nSPS) is 20.0. The van der Waals surface area contributed by atoms with Crippen molar-refractivity contribution >= 4 is 11.9 Å². The Bertz CT molecular complexity index is 411. The lowest BCUT2D eigenvalue weighted by molar-refractivity contribution is -0.139. The summed E-state index contributed by atoms with van der Waals surface area (Å²) >= 11 is 0. The van der Waals surface area contributed by atoms with Crippen LogP contribution in [0.1, 0.15) is 28.3 Å². The number of carboxylic acid groups (broad SMARTS) is 1. The summed E-state index contributed by atoms with van der Waals surface area (Å²) in [7, 11) is 0. The lowest BCUT2D eigenvalue weighted by Crippen LogP contribution is -2.11. The molecule has 1 saturated heterocycles. The molecule has 0 spiro atoms. The van der Waals surface area contributed by atoms with Crippen molar-refractivity contribution in [1.29, 1.82) is 0 Å². The molecule has 4 nitrogen and oxygen atoms in total. The first-order chi connectivity index (χ1) is 7.20. The molecule has 1 aliphatic rings. The Labute approximate surface area is 86.5 Å². The van der Waals surface area contributed by atoms with Gasteiger partial charge in [0.25, 0.3) is 0 Å². The molecular weight excluding hydrogens is 196 g/mol. The Morgan fingerprint density at radius 1 is 1.40 bits per heavy atom. The lowest BCUT2D eigenvalue weighted by atomic mass is 9.93. The third-order valence-electron chi connectivity index (χ3n) is 2.50. The van der Waals surface area contributed by atoms with Gasteiger partial charge in [-0.1, -0.05) is 18.2 Å². The van der Waals surface area contributed by atoms with Crippen molar-refractivity contribution in [3.05, 3.63) is 35.4 Å². The number of rotatable bonds is 2. The minimum atomic E-state index is -1.01. The molecule has 0 amide bonds. The predicted octanol–water partition coefficient (Wildman–Crippen LogP) is 1.42. The minimum absolute atomic E-state index is 0.182. The van der Waals surface area contributed by atoms with E-state index >= 15 is 0 Å². The fourth-order valence-electron chi connectivity index (χ4n) is 1.77. The van der Waals surface area contributed by atoms with Crippen LogP contribution >= 0.6 is 0 Å². The molecule has 1 N–H and O–H groups in total. The van der Waals surface area contributed by atoms with Crippen LogP contribution in [0.25, 0.3) is 0 Å². The average Bonchev–Trinajstić information content (AvgIpc) is 2.64. The maximum Gasteiger partial charge on any atom is 0.335 e. The van der Waals surface area contributed by atoms with Crippen molar-refractivity contribution in [3.8, 4) is 0 Å². The third-order valence-corrected chi connectivity index (χ3v) is 2.50. The number of hydrogen-bond donors (Lipinski definition) is 1. The molecule has 1 unspecified atom stereocenters. The first kappa shape index (κ1) is 9.71. The summed E-state index contributed by atoms with van der Waals surface area (Å²) in [4.78, 5) is 22.3. The zero-order valence-electron chi connectivity index (χ0n) is 7.97. The zero-order chi connectivity index (χ0) is 10.8. The van der Waals surface area contributed by atoms with Crippen LogP contribution in [0.2, 0.25) is 0 Å². The smallest absolute Gasteiger partial charge is 0.335 e. The number of carboxylic acids is 1. The Morgan fingerprint density at radius 2 is 2.13 bits per heavy atom.